The van der Waals surface area contributed by atoms with E-state index in [9.17, 15) is 9.59 Å². The molecule has 1 aliphatic rings. The van der Waals surface area contributed by atoms with Crippen molar-refractivity contribution in [1.29, 1.82) is 0 Å². The number of fused-ring (bicyclic) bond motifs is 2. The van der Waals surface area contributed by atoms with Gasteiger partial charge in [0, 0.05) is 29.4 Å². The van der Waals surface area contributed by atoms with Crippen LogP contribution < -0.4 is 5.56 Å². The summed E-state index contributed by atoms with van der Waals surface area (Å²) in [6.45, 7) is 2.72. The van der Waals surface area contributed by atoms with Crippen LogP contribution in [0.3, 0.4) is 0 Å². The molecule has 1 aliphatic heterocycles. The van der Waals surface area contributed by atoms with Crippen LogP contribution in [0.2, 0.25) is 0 Å². The van der Waals surface area contributed by atoms with E-state index in [2.05, 4.69) is 33.1 Å². The molecule has 1 fully saturated rings. The van der Waals surface area contributed by atoms with Gasteiger partial charge in [0.25, 0.3) is 5.56 Å². The monoisotopic (exact) mass is 415 g/mol. The molecular weight excluding hydrogens is 390 g/mol. The van der Waals surface area contributed by atoms with Crippen LogP contribution in [-0.2, 0) is 11.3 Å². The molecule has 3 heterocycles. The Hall–Kier alpha value is -3.38. The van der Waals surface area contributed by atoms with Gasteiger partial charge in [-0.15, -0.1) is 0 Å². The van der Waals surface area contributed by atoms with Crippen LogP contribution in [0.25, 0.3) is 33.1 Å². The number of nitrogens with zero attached hydrogens (tertiary/aromatic N) is 1. The molecule has 6 heteroatoms. The van der Waals surface area contributed by atoms with Gasteiger partial charge in [-0.3, -0.25) is 14.5 Å². The van der Waals surface area contributed by atoms with E-state index in [1.54, 1.807) is 0 Å². The topological polar surface area (TPSA) is 89.2 Å². The molecule has 5 rings (SSSR count). The van der Waals surface area contributed by atoms with Crippen molar-refractivity contribution in [3.05, 3.63) is 70.5 Å². The molecule has 0 saturated carbocycles. The zero-order chi connectivity index (χ0) is 21.4. The number of H-pyrrole nitrogens is 2. The fourth-order valence-electron chi connectivity index (χ4n) is 4.63. The first-order valence-electron chi connectivity index (χ1n) is 10.7. The predicted octanol–water partition coefficient (Wildman–Crippen LogP) is 4.36. The van der Waals surface area contributed by atoms with Crippen LogP contribution in [0.15, 0.2) is 59.4 Å². The van der Waals surface area contributed by atoms with E-state index < -0.39 is 5.97 Å². The number of hydrogen-bond donors (Lipinski definition) is 3. The maximum absolute atomic E-state index is 12.6. The largest absolute Gasteiger partial charge is 0.481 e. The number of aliphatic carboxylic acids is 1. The summed E-state index contributed by atoms with van der Waals surface area (Å²) in [7, 11) is 0. The Labute approximate surface area is 179 Å². The summed E-state index contributed by atoms with van der Waals surface area (Å²) in [4.78, 5) is 32.3. The van der Waals surface area contributed by atoms with E-state index in [0.29, 0.717) is 11.5 Å². The van der Waals surface area contributed by atoms with Crippen molar-refractivity contribution in [1.82, 2.24) is 14.9 Å². The highest BCUT2D eigenvalue weighted by molar-refractivity contribution is 5.89. The summed E-state index contributed by atoms with van der Waals surface area (Å²) < 4.78 is 0. The van der Waals surface area contributed by atoms with Crippen molar-refractivity contribution in [2.24, 2.45) is 5.92 Å². The minimum absolute atomic E-state index is 0.102. The molecule has 0 spiro atoms. The lowest BCUT2D eigenvalue weighted by molar-refractivity contribution is -0.138. The summed E-state index contributed by atoms with van der Waals surface area (Å²) in [5, 5.41) is 11.1. The Morgan fingerprint density at radius 2 is 1.74 bits per heavy atom. The number of likely N-dealkylation sites (tertiary alicyclic amines) is 1. The zero-order valence-electron chi connectivity index (χ0n) is 17.2. The minimum Gasteiger partial charge on any atom is -0.481 e. The molecule has 0 radical (unpaired) electrons. The number of aromatic amines is 2. The van der Waals surface area contributed by atoms with Crippen LogP contribution in [0.5, 0.6) is 0 Å². The van der Waals surface area contributed by atoms with Crippen LogP contribution >= 0.6 is 0 Å². The highest BCUT2D eigenvalue weighted by Gasteiger charge is 2.21. The van der Waals surface area contributed by atoms with Crippen molar-refractivity contribution < 1.29 is 9.90 Å². The first kappa shape index (κ1) is 19.6. The minimum atomic E-state index is -0.697. The number of pyridine rings is 1. The number of benzene rings is 2. The van der Waals surface area contributed by atoms with Crippen molar-refractivity contribution in [2.45, 2.75) is 25.8 Å². The van der Waals surface area contributed by atoms with Gasteiger partial charge >= 0.3 is 5.97 Å². The first-order chi connectivity index (χ1) is 15.0. The first-order valence-corrected chi connectivity index (χ1v) is 10.7. The summed E-state index contributed by atoms with van der Waals surface area (Å²) in [6, 6.07) is 18.1. The van der Waals surface area contributed by atoms with Crippen LogP contribution in [0, 0.1) is 5.92 Å². The number of carboxylic acid groups (broad SMARTS) is 1. The Morgan fingerprint density at radius 3 is 2.55 bits per heavy atom. The maximum atomic E-state index is 12.6. The summed E-state index contributed by atoms with van der Waals surface area (Å²) in [6.07, 6.45) is 2.15. The fourth-order valence-corrected chi connectivity index (χ4v) is 4.63. The average molecular weight is 415 g/mol. The summed E-state index contributed by atoms with van der Waals surface area (Å²) in [5.41, 5.74) is 4.41. The molecule has 6 nitrogen and oxygen atoms in total. The maximum Gasteiger partial charge on any atom is 0.303 e. The number of piperidine rings is 1. The third kappa shape index (κ3) is 4.11. The summed E-state index contributed by atoms with van der Waals surface area (Å²) >= 11 is 0. The number of carboxylic acids is 1. The third-order valence-corrected chi connectivity index (χ3v) is 6.31. The standard InChI is InChI=1S/C25H25N3O3/c29-24(30)12-16-7-9-28(10-8-16)15-17-5-6-22-19(11-17)14-23(26-22)20-13-18-3-1-2-4-21(18)27-25(20)31/h1-6,11,13-14,16,26H,7-10,12,15H2,(H,27,31)(H,29,30). The molecule has 0 unspecified atom stereocenters. The van der Waals surface area contributed by atoms with Crippen molar-refractivity contribution >= 4 is 27.8 Å². The van der Waals surface area contributed by atoms with E-state index in [0.717, 1.165) is 60.0 Å². The molecule has 0 bridgehead atoms. The molecule has 2 aromatic carbocycles. The van der Waals surface area contributed by atoms with E-state index in [-0.39, 0.29) is 12.0 Å². The van der Waals surface area contributed by atoms with Gasteiger partial charge < -0.3 is 15.1 Å². The van der Waals surface area contributed by atoms with Crippen LogP contribution in [0.4, 0.5) is 0 Å². The van der Waals surface area contributed by atoms with Gasteiger partial charge in [0.05, 0.1) is 11.3 Å². The molecular formula is C25H25N3O3. The van der Waals surface area contributed by atoms with Crippen LogP contribution in [0.1, 0.15) is 24.8 Å². The third-order valence-electron chi connectivity index (χ3n) is 6.31. The number of rotatable bonds is 5. The quantitative estimate of drug-likeness (QED) is 0.452. The number of hydrogen-bond acceptors (Lipinski definition) is 3. The SMILES string of the molecule is O=C(O)CC1CCN(Cc2ccc3[nH]c(-c4cc5ccccc5[nH]c4=O)cc3c2)CC1. The van der Waals surface area contributed by atoms with Gasteiger partial charge in [0.15, 0.2) is 0 Å². The van der Waals surface area contributed by atoms with Crippen molar-refractivity contribution in [2.75, 3.05) is 13.1 Å². The van der Waals surface area contributed by atoms with Gasteiger partial charge in [-0.05, 0) is 73.1 Å². The Kier molecular flexibility index (Phi) is 5.08. The van der Waals surface area contributed by atoms with Gasteiger partial charge in [-0.2, -0.15) is 0 Å². The predicted molar refractivity (Wildman–Crippen MR) is 122 cm³/mol. The molecule has 3 N–H and O–H groups in total. The second kappa shape index (κ2) is 8.04. The number of carbonyl (C=O) groups is 1. The van der Waals surface area contributed by atoms with Crippen molar-refractivity contribution in [3.63, 3.8) is 0 Å². The van der Waals surface area contributed by atoms with Gasteiger partial charge in [0.1, 0.15) is 0 Å². The van der Waals surface area contributed by atoms with Crippen LogP contribution in [-0.4, -0.2) is 39.0 Å². The molecule has 2 aromatic heterocycles. The molecule has 1 saturated heterocycles. The Bertz CT molecular complexity index is 1310. The average Bonchev–Trinajstić information content (AvgIpc) is 3.17. The smallest absolute Gasteiger partial charge is 0.303 e. The molecule has 0 atom stereocenters. The van der Waals surface area contributed by atoms with E-state index in [1.165, 1.54) is 5.56 Å². The summed E-state index contributed by atoms with van der Waals surface area (Å²) in [5.74, 6) is -0.402. The van der Waals surface area contributed by atoms with Gasteiger partial charge in [-0.1, -0.05) is 24.3 Å². The molecule has 4 aromatic rings. The number of nitrogens with one attached hydrogen (secondary N) is 2. The van der Waals surface area contributed by atoms with Crippen molar-refractivity contribution in [3.8, 4) is 11.3 Å². The zero-order valence-corrected chi connectivity index (χ0v) is 17.2. The lowest BCUT2D eigenvalue weighted by Gasteiger charge is -2.31. The highest BCUT2D eigenvalue weighted by atomic mass is 16.4. The molecule has 158 valence electrons. The fraction of sp³-hybridized carbons (Fsp3) is 0.280. The second-order valence-corrected chi connectivity index (χ2v) is 8.52. The highest BCUT2D eigenvalue weighted by Crippen LogP contribution is 2.26. The Morgan fingerprint density at radius 1 is 0.968 bits per heavy atom. The molecule has 31 heavy (non-hydrogen) atoms. The van der Waals surface area contributed by atoms with Gasteiger partial charge in [0.2, 0.25) is 0 Å². The lowest BCUT2D eigenvalue weighted by Crippen LogP contribution is -2.33. The normalized spacial score (nSPS) is 15.6. The molecule has 0 amide bonds. The molecule has 0 aliphatic carbocycles. The Balaban J connectivity index is 1.36. The van der Waals surface area contributed by atoms with E-state index >= 15 is 0 Å². The number of para-hydroxylation sites is 1. The van der Waals surface area contributed by atoms with E-state index in [4.69, 9.17) is 5.11 Å². The second-order valence-electron chi connectivity index (χ2n) is 8.52. The van der Waals surface area contributed by atoms with E-state index in [1.807, 2.05) is 36.4 Å². The number of aromatic nitrogens is 2. The lowest BCUT2D eigenvalue weighted by atomic mass is 9.93. The van der Waals surface area contributed by atoms with Gasteiger partial charge in [-0.25, -0.2) is 0 Å².